The molecule has 10 heteroatoms. The molecule has 1 heterocycles. The molecule has 0 atom stereocenters. The van der Waals surface area contributed by atoms with Gasteiger partial charge in [0.1, 0.15) is 6.20 Å². The summed E-state index contributed by atoms with van der Waals surface area (Å²) < 4.78 is 31.6. The lowest BCUT2D eigenvalue weighted by atomic mass is 11.0. The Hall–Kier alpha value is -1.52. The zero-order valence-corrected chi connectivity index (χ0v) is 6.80. The topological polar surface area (TPSA) is 146 Å². The second-order valence-electron chi connectivity index (χ2n) is 1.62. The van der Waals surface area contributed by atoms with Crippen molar-refractivity contribution in [3.8, 4) is 0 Å². The maximum Gasteiger partial charge on any atom is 0.432 e. The van der Waals surface area contributed by atoms with Crippen molar-refractivity contribution < 1.29 is 22.4 Å². The molecular formula is C3H5N3O6S. The first kappa shape index (κ1) is 11.5. The van der Waals surface area contributed by atoms with Gasteiger partial charge in [0.2, 0.25) is 0 Å². The van der Waals surface area contributed by atoms with Crippen LogP contribution in [0.2, 0.25) is 0 Å². The van der Waals surface area contributed by atoms with Gasteiger partial charge in [-0.05, 0) is 4.92 Å². The molecule has 0 amide bonds. The van der Waals surface area contributed by atoms with E-state index in [4.69, 9.17) is 17.5 Å². The number of rotatable bonds is 1. The van der Waals surface area contributed by atoms with Crippen molar-refractivity contribution >= 4 is 16.3 Å². The van der Waals surface area contributed by atoms with Crippen molar-refractivity contribution in [1.82, 2.24) is 9.97 Å². The molecule has 9 nitrogen and oxygen atoms in total. The van der Waals surface area contributed by atoms with Gasteiger partial charge in [0.25, 0.3) is 0 Å². The molecule has 0 fully saturated rings. The molecule has 0 spiro atoms. The van der Waals surface area contributed by atoms with Crippen molar-refractivity contribution in [3.05, 3.63) is 22.5 Å². The average molecular weight is 211 g/mol. The second kappa shape index (κ2) is 4.49. The zero-order chi connectivity index (χ0) is 10.5. The van der Waals surface area contributed by atoms with E-state index in [2.05, 4.69) is 9.97 Å². The van der Waals surface area contributed by atoms with E-state index in [9.17, 15) is 10.1 Å². The minimum atomic E-state index is -4.67. The van der Waals surface area contributed by atoms with E-state index >= 15 is 0 Å². The molecule has 0 saturated heterocycles. The third-order valence-electron chi connectivity index (χ3n) is 0.657. The molecule has 0 aliphatic carbocycles. The molecule has 1 rings (SSSR count). The Balaban J connectivity index is 0.000000252. The van der Waals surface area contributed by atoms with Crippen LogP contribution in [0.4, 0.5) is 5.95 Å². The fourth-order valence-corrected chi connectivity index (χ4v) is 0.357. The predicted octanol–water partition coefficient (Wildman–Crippen LogP) is -0.335. The van der Waals surface area contributed by atoms with Crippen molar-refractivity contribution in [2.24, 2.45) is 0 Å². The summed E-state index contributed by atoms with van der Waals surface area (Å²) in [5, 5.41) is 9.77. The highest BCUT2D eigenvalue weighted by Crippen LogP contribution is 1.96. The first-order valence-corrected chi connectivity index (χ1v) is 4.04. The van der Waals surface area contributed by atoms with Gasteiger partial charge in [-0.25, -0.2) is 4.98 Å². The number of nitro groups is 1. The normalized spacial score (nSPS) is 10.0. The molecule has 0 radical (unpaired) electrons. The maximum atomic E-state index is 9.77. The molecule has 0 saturated carbocycles. The van der Waals surface area contributed by atoms with E-state index < -0.39 is 15.3 Å². The highest BCUT2D eigenvalue weighted by atomic mass is 32.3. The van der Waals surface area contributed by atoms with Crippen LogP contribution in [-0.4, -0.2) is 32.4 Å². The number of hydrogen-bond acceptors (Lipinski definition) is 5. The second-order valence-corrected chi connectivity index (χ2v) is 2.51. The average Bonchev–Trinajstić information content (AvgIpc) is 2.31. The van der Waals surface area contributed by atoms with Gasteiger partial charge in [-0.1, -0.05) is 4.98 Å². The van der Waals surface area contributed by atoms with Crippen LogP contribution in [0.5, 0.6) is 0 Å². The minimum Gasteiger partial charge on any atom is -0.390 e. The minimum absolute atomic E-state index is 0.218. The van der Waals surface area contributed by atoms with Crippen molar-refractivity contribution in [2.75, 3.05) is 0 Å². The summed E-state index contributed by atoms with van der Waals surface area (Å²) in [6.07, 6.45) is 2.73. The highest BCUT2D eigenvalue weighted by molar-refractivity contribution is 7.79. The largest absolute Gasteiger partial charge is 0.432 e. The summed E-state index contributed by atoms with van der Waals surface area (Å²) >= 11 is 0. The van der Waals surface area contributed by atoms with Crippen molar-refractivity contribution in [1.29, 1.82) is 0 Å². The summed E-state index contributed by atoms with van der Waals surface area (Å²) in [5.41, 5.74) is 0. The molecule has 0 aliphatic rings. The number of hydrogen-bond donors (Lipinski definition) is 3. The molecule has 0 unspecified atom stereocenters. The van der Waals surface area contributed by atoms with Crippen LogP contribution >= 0.6 is 0 Å². The van der Waals surface area contributed by atoms with Gasteiger partial charge >= 0.3 is 16.3 Å². The standard InChI is InChI=1S/C3H3N3O2.H2O4S/c7-6(8)3-4-1-2-5-3;1-5(2,3)4/h1-2H,(H,4,5);(H2,1,2,3,4). The number of aromatic amines is 1. The van der Waals surface area contributed by atoms with Crippen LogP contribution < -0.4 is 0 Å². The van der Waals surface area contributed by atoms with Gasteiger partial charge in [0, 0.05) is 0 Å². The van der Waals surface area contributed by atoms with Crippen molar-refractivity contribution in [2.45, 2.75) is 0 Å². The quantitative estimate of drug-likeness (QED) is 0.327. The molecule has 0 aliphatic heterocycles. The van der Waals surface area contributed by atoms with Gasteiger partial charge in [0.05, 0.1) is 6.20 Å². The van der Waals surface area contributed by atoms with E-state index in [0.717, 1.165) is 0 Å². The molecule has 13 heavy (non-hydrogen) atoms. The van der Waals surface area contributed by atoms with Gasteiger partial charge in [0.15, 0.2) is 0 Å². The van der Waals surface area contributed by atoms with E-state index in [-0.39, 0.29) is 5.95 Å². The van der Waals surface area contributed by atoms with Crippen LogP contribution in [0.15, 0.2) is 12.4 Å². The fraction of sp³-hybridized carbons (Fsp3) is 0. The molecule has 3 N–H and O–H groups in total. The summed E-state index contributed by atoms with van der Waals surface area (Å²) in [7, 11) is -4.67. The maximum absolute atomic E-state index is 9.77. The Morgan fingerprint density at radius 3 is 2.15 bits per heavy atom. The molecule has 1 aromatic rings. The molecule has 74 valence electrons. The number of imidazole rings is 1. The number of aromatic nitrogens is 2. The number of nitrogens with zero attached hydrogens (tertiary/aromatic N) is 2. The lowest BCUT2D eigenvalue weighted by Crippen LogP contribution is -1.89. The first-order valence-electron chi connectivity index (χ1n) is 2.64. The lowest BCUT2D eigenvalue weighted by Gasteiger charge is -1.83. The molecule has 0 aromatic carbocycles. The predicted molar refractivity (Wildman–Crippen MR) is 39.4 cm³/mol. The number of H-pyrrole nitrogens is 1. The van der Waals surface area contributed by atoms with Gasteiger partial charge in [-0.3, -0.25) is 9.11 Å². The van der Waals surface area contributed by atoms with Gasteiger partial charge in [-0.2, -0.15) is 8.42 Å². The van der Waals surface area contributed by atoms with Crippen molar-refractivity contribution in [3.63, 3.8) is 0 Å². The Morgan fingerprint density at radius 2 is 2.00 bits per heavy atom. The Kier molecular flexibility index (Phi) is 3.97. The van der Waals surface area contributed by atoms with Crippen LogP contribution in [0, 0.1) is 10.1 Å². The van der Waals surface area contributed by atoms with E-state index in [1.165, 1.54) is 12.4 Å². The third-order valence-corrected chi connectivity index (χ3v) is 0.657. The summed E-state index contributed by atoms with van der Waals surface area (Å²) in [4.78, 5) is 14.9. The third kappa shape index (κ3) is 8.39. The van der Waals surface area contributed by atoms with Crippen LogP contribution in [0.1, 0.15) is 0 Å². The Labute approximate surface area is 72.2 Å². The summed E-state index contributed by atoms with van der Waals surface area (Å²) in [6, 6.07) is 0. The number of nitrogens with one attached hydrogen (secondary N) is 1. The first-order chi connectivity index (χ1) is 5.80. The zero-order valence-electron chi connectivity index (χ0n) is 5.98. The van der Waals surface area contributed by atoms with Crippen LogP contribution in [0.3, 0.4) is 0 Å². The molecule has 1 aromatic heterocycles. The van der Waals surface area contributed by atoms with E-state index in [0.29, 0.717) is 0 Å². The smallest absolute Gasteiger partial charge is 0.390 e. The van der Waals surface area contributed by atoms with Gasteiger partial charge < -0.3 is 10.1 Å². The summed E-state index contributed by atoms with van der Waals surface area (Å²) in [6.45, 7) is 0. The van der Waals surface area contributed by atoms with Crippen LogP contribution in [0.25, 0.3) is 0 Å². The molecule has 0 bridgehead atoms. The lowest BCUT2D eigenvalue weighted by molar-refractivity contribution is -0.393. The SMILES string of the molecule is O=S(=O)(O)O.O=[N+]([O-])c1ncc[nH]1. The highest BCUT2D eigenvalue weighted by Gasteiger charge is 2.01. The molecular weight excluding hydrogens is 206 g/mol. The van der Waals surface area contributed by atoms with E-state index in [1.807, 2.05) is 0 Å². The fourth-order valence-electron chi connectivity index (χ4n) is 0.357. The van der Waals surface area contributed by atoms with Gasteiger partial charge in [-0.15, -0.1) is 0 Å². The monoisotopic (exact) mass is 211 g/mol. The summed E-state index contributed by atoms with van der Waals surface area (Å²) in [5.74, 6) is -0.218. The van der Waals surface area contributed by atoms with Crippen LogP contribution in [-0.2, 0) is 10.4 Å². The Bertz CT molecular complexity index is 346. The Morgan fingerprint density at radius 1 is 1.54 bits per heavy atom. The van der Waals surface area contributed by atoms with E-state index in [1.54, 1.807) is 0 Å².